The average Bonchev–Trinajstić information content (AvgIpc) is 2.85. The van der Waals surface area contributed by atoms with E-state index in [4.69, 9.17) is 4.74 Å². The van der Waals surface area contributed by atoms with Crippen LogP contribution in [0.2, 0.25) is 0 Å². The van der Waals surface area contributed by atoms with Crippen molar-refractivity contribution in [1.82, 2.24) is 0 Å². The van der Waals surface area contributed by atoms with Crippen LogP contribution in [0.5, 0.6) is 0 Å². The minimum atomic E-state index is 0.343. The molecule has 1 aliphatic rings. The van der Waals surface area contributed by atoms with E-state index >= 15 is 0 Å². The van der Waals surface area contributed by atoms with Gasteiger partial charge in [-0.05, 0) is 5.56 Å². The first-order chi connectivity index (χ1) is 5.42. The largest absolute Gasteiger partial charge is 0.364 e. The van der Waals surface area contributed by atoms with Crippen LogP contribution < -0.4 is 0 Å². The fourth-order valence-electron chi connectivity index (χ4n) is 1.20. The van der Waals surface area contributed by atoms with E-state index in [1.54, 1.807) is 0 Å². The quantitative estimate of drug-likeness (QED) is 0.543. The van der Waals surface area contributed by atoms with Gasteiger partial charge in [0.25, 0.3) is 0 Å². The summed E-state index contributed by atoms with van der Waals surface area (Å²) in [6, 6.07) is 10.3. The second-order valence-corrected chi connectivity index (χ2v) is 3.31. The van der Waals surface area contributed by atoms with Gasteiger partial charge in [0.1, 0.15) is 6.10 Å². The maximum absolute atomic E-state index is 5.41. The van der Waals surface area contributed by atoms with E-state index in [0.29, 0.717) is 12.2 Å². The van der Waals surface area contributed by atoms with Crippen LogP contribution in [0, 0.1) is 0 Å². The standard InChI is InChI=1S/C9H9BrO/c10-6-8-9(11-8)7-4-2-1-3-5-7/h1-5,8-9H,6H2/t8-,9+/m1/s1. The van der Waals surface area contributed by atoms with E-state index in [1.165, 1.54) is 5.56 Å². The van der Waals surface area contributed by atoms with Crippen LogP contribution in [0.25, 0.3) is 0 Å². The fraction of sp³-hybridized carbons (Fsp3) is 0.333. The SMILES string of the molecule is BrC[C@H]1O[C@H]1c1ccccc1. The third-order valence-electron chi connectivity index (χ3n) is 1.86. The Bertz CT molecular complexity index is 235. The molecule has 2 rings (SSSR count). The van der Waals surface area contributed by atoms with E-state index < -0.39 is 0 Å². The van der Waals surface area contributed by atoms with Gasteiger partial charge in [0.15, 0.2) is 0 Å². The summed E-state index contributed by atoms with van der Waals surface area (Å²) in [6.45, 7) is 0. The highest BCUT2D eigenvalue weighted by atomic mass is 79.9. The molecule has 0 aromatic heterocycles. The normalized spacial score (nSPS) is 28.5. The first-order valence-electron chi connectivity index (χ1n) is 3.68. The Morgan fingerprint density at radius 1 is 1.27 bits per heavy atom. The van der Waals surface area contributed by atoms with Gasteiger partial charge in [-0.1, -0.05) is 46.3 Å². The van der Waals surface area contributed by atoms with Crippen LogP contribution in [0.4, 0.5) is 0 Å². The minimum absolute atomic E-state index is 0.343. The van der Waals surface area contributed by atoms with Crippen LogP contribution in [-0.4, -0.2) is 11.4 Å². The zero-order valence-electron chi connectivity index (χ0n) is 6.03. The van der Waals surface area contributed by atoms with E-state index in [-0.39, 0.29) is 0 Å². The summed E-state index contributed by atoms with van der Waals surface area (Å²) < 4.78 is 5.41. The third kappa shape index (κ3) is 1.47. The van der Waals surface area contributed by atoms with Crippen LogP contribution in [-0.2, 0) is 4.74 Å². The monoisotopic (exact) mass is 212 g/mol. The number of hydrogen-bond acceptors (Lipinski definition) is 1. The molecule has 0 bridgehead atoms. The predicted octanol–water partition coefficient (Wildman–Crippen LogP) is 2.52. The number of rotatable bonds is 2. The number of epoxide rings is 1. The third-order valence-corrected chi connectivity index (χ3v) is 2.50. The Morgan fingerprint density at radius 3 is 2.55 bits per heavy atom. The number of hydrogen-bond donors (Lipinski definition) is 0. The molecule has 2 heteroatoms. The van der Waals surface area contributed by atoms with Crippen molar-refractivity contribution in [2.45, 2.75) is 12.2 Å². The van der Waals surface area contributed by atoms with E-state index in [1.807, 2.05) is 18.2 Å². The Labute approximate surface area is 74.5 Å². The zero-order chi connectivity index (χ0) is 7.68. The minimum Gasteiger partial charge on any atom is -0.364 e. The van der Waals surface area contributed by atoms with Crippen molar-refractivity contribution < 1.29 is 4.74 Å². The van der Waals surface area contributed by atoms with E-state index in [9.17, 15) is 0 Å². The smallest absolute Gasteiger partial charge is 0.110 e. The van der Waals surface area contributed by atoms with Crippen LogP contribution >= 0.6 is 15.9 Å². The Balaban J connectivity index is 2.09. The predicted molar refractivity (Wildman–Crippen MR) is 47.9 cm³/mol. The molecule has 1 aromatic rings. The molecule has 0 spiro atoms. The lowest BCUT2D eigenvalue weighted by Gasteiger charge is -1.91. The molecule has 0 saturated carbocycles. The molecule has 0 unspecified atom stereocenters. The highest BCUT2D eigenvalue weighted by Gasteiger charge is 2.38. The number of alkyl halides is 1. The van der Waals surface area contributed by atoms with Crippen LogP contribution in [0.3, 0.4) is 0 Å². The average molecular weight is 213 g/mol. The summed E-state index contributed by atoms with van der Waals surface area (Å²) in [4.78, 5) is 0. The maximum Gasteiger partial charge on any atom is 0.110 e. The molecule has 1 aliphatic heterocycles. The van der Waals surface area contributed by atoms with Gasteiger partial charge >= 0.3 is 0 Å². The van der Waals surface area contributed by atoms with Crippen molar-refractivity contribution >= 4 is 15.9 Å². The van der Waals surface area contributed by atoms with Gasteiger partial charge < -0.3 is 4.74 Å². The summed E-state index contributed by atoms with van der Waals surface area (Å²) in [5.74, 6) is 0. The van der Waals surface area contributed by atoms with Crippen molar-refractivity contribution in [2.24, 2.45) is 0 Å². The van der Waals surface area contributed by atoms with E-state index in [0.717, 1.165) is 5.33 Å². The summed E-state index contributed by atoms with van der Waals surface area (Å²) in [5, 5.41) is 0.937. The van der Waals surface area contributed by atoms with Gasteiger partial charge in [0, 0.05) is 5.33 Å². The van der Waals surface area contributed by atoms with Crippen molar-refractivity contribution in [3.8, 4) is 0 Å². The number of halogens is 1. The fourth-order valence-corrected chi connectivity index (χ4v) is 1.69. The van der Waals surface area contributed by atoms with Gasteiger partial charge in [-0.3, -0.25) is 0 Å². The molecule has 1 saturated heterocycles. The Hall–Kier alpha value is -0.340. The van der Waals surface area contributed by atoms with Crippen molar-refractivity contribution in [2.75, 3.05) is 5.33 Å². The lowest BCUT2D eigenvalue weighted by Crippen LogP contribution is -1.87. The van der Waals surface area contributed by atoms with Crippen LogP contribution in [0.15, 0.2) is 30.3 Å². The second kappa shape index (κ2) is 2.95. The molecule has 0 aliphatic carbocycles. The van der Waals surface area contributed by atoms with Crippen LogP contribution in [0.1, 0.15) is 11.7 Å². The maximum atomic E-state index is 5.41. The summed E-state index contributed by atoms with van der Waals surface area (Å²) >= 11 is 3.39. The van der Waals surface area contributed by atoms with Gasteiger partial charge in [0.05, 0.1) is 6.10 Å². The summed E-state index contributed by atoms with van der Waals surface area (Å²) in [5.41, 5.74) is 1.29. The molecule has 0 amide bonds. The molecular weight excluding hydrogens is 204 g/mol. The lowest BCUT2D eigenvalue weighted by atomic mass is 10.1. The molecule has 1 fully saturated rings. The molecule has 11 heavy (non-hydrogen) atoms. The number of benzene rings is 1. The van der Waals surface area contributed by atoms with Crippen molar-refractivity contribution in [3.05, 3.63) is 35.9 Å². The summed E-state index contributed by atoms with van der Waals surface area (Å²) in [6.07, 6.45) is 0.743. The van der Waals surface area contributed by atoms with E-state index in [2.05, 4.69) is 28.1 Å². The first-order valence-corrected chi connectivity index (χ1v) is 4.80. The van der Waals surface area contributed by atoms with Gasteiger partial charge in [-0.15, -0.1) is 0 Å². The van der Waals surface area contributed by atoms with Crippen molar-refractivity contribution in [3.63, 3.8) is 0 Å². The second-order valence-electron chi connectivity index (χ2n) is 2.66. The Morgan fingerprint density at radius 2 is 2.00 bits per heavy atom. The highest BCUT2D eigenvalue weighted by molar-refractivity contribution is 9.09. The van der Waals surface area contributed by atoms with Gasteiger partial charge in [0.2, 0.25) is 0 Å². The molecule has 58 valence electrons. The van der Waals surface area contributed by atoms with Gasteiger partial charge in [-0.25, -0.2) is 0 Å². The zero-order valence-corrected chi connectivity index (χ0v) is 7.62. The summed E-state index contributed by atoms with van der Waals surface area (Å²) in [7, 11) is 0. The van der Waals surface area contributed by atoms with Crippen molar-refractivity contribution in [1.29, 1.82) is 0 Å². The topological polar surface area (TPSA) is 12.5 Å². The Kier molecular flexibility index (Phi) is 1.96. The molecule has 1 nitrogen and oxygen atoms in total. The molecular formula is C9H9BrO. The molecule has 1 aromatic carbocycles. The first kappa shape index (κ1) is 7.32. The molecule has 1 heterocycles. The molecule has 2 atom stereocenters. The molecule has 0 radical (unpaired) electrons. The highest BCUT2D eigenvalue weighted by Crippen LogP contribution is 2.39. The number of ether oxygens (including phenoxy) is 1. The molecule has 0 N–H and O–H groups in total. The lowest BCUT2D eigenvalue weighted by molar-refractivity contribution is 0.385. The van der Waals surface area contributed by atoms with Gasteiger partial charge in [-0.2, -0.15) is 0 Å².